The number of nitrogens with one attached hydrogen (secondary N) is 1. The van der Waals surface area contributed by atoms with Gasteiger partial charge in [-0.3, -0.25) is 0 Å². The molecule has 0 spiro atoms. The molecule has 28 heavy (non-hydrogen) atoms. The van der Waals surface area contributed by atoms with Gasteiger partial charge in [0, 0.05) is 43.6 Å². The first kappa shape index (κ1) is 18.3. The molecule has 0 amide bonds. The van der Waals surface area contributed by atoms with Crippen molar-refractivity contribution >= 4 is 17.5 Å². The number of aromatic nitrogens is 2. The zero-order valence-electron chi connectivity index (χ0n) is 16.3. The molecule has 1 saturated heterocycles. The standard InChI is InChI=1S/C22H25N5O/c1-17-16-21(27-14-12-26(2)13-15-27)25-22(23-17)24-18-8-10-20(11-9-18)28-19-6-4-3-5-7-19/h3-11,16H,12-15H2,1-2H3,(H,23,24,25). The number of hydrogen-bond acceptors (Lipinski definition) is 6. The van der Waals surface area contributed by atoms with E-state index in [9.17, 15) is 0 Å². The Morgan fingerprint density at radius 3 is 2.25 bits per heavy atom. The summed E-state index contributed by atoms with van der Waals surface area (Å²) in [6, 6.07) is 19.6. The van der Waals surface area contributed by atoms with E-state index in [1.165, 1.54) is 0 Å². The molecule has 3 aromatic rings. The molecule has 6 heteroatoms. The van der Waals surface area contributed by atoms with Crippen molar-refractivity contribution in [1.29, 1.82) is 0 Å². The summed E-state index contributed by atoms with van der Waals surface area (Å²) in [5.74, 6) is 3.21. The SMILES string of the molecule is Cc1cc(N2CCN(C)CC2)nc(Nc2ccc(Oc3ccccc3)cc2)n1. The molecule has 1 aromatic heterocycles. The van der Waals surface area contributed by atoms with E-state index in [1.807, 2.05) is 67.6 Å². The third kappa shape index (κ3) is 4.58. The minimum absolute atomic E-state index is 0.616. The predicted octanol–water partition coefficient (Wildman–Crippen LogP) is 4.07. The number of ether oxygens (including phenoxy) is 1. The maximum atomic E-state index is 5.84. The first-order valence-corrected chi connectivity index (χ1v) is 9.55. The van der Waals surface area contributed by atoms with E-state index in [4.69, 9.17) is 9.72 Å². The largest absolute Gasteiger partial charge is 0.457 e. The fraction of sp³-hybridized carbons (Fsp3) is 0.273. The van der Waals surface area contributed by atoms with E-state index in [2.05, 4.69) is 27.1 Å². The van der Waals surface area contributed by atoms with Gasteiger partial charge >= 0.3 is 0 Å². The zero-order valence-corrected chi connectivity index (χ0v) is 16.3. The Hall–Kier alpha value is -3.12. The van der Waals surface area contributed by atoms with Crippen LogP contribution < -0.4 is 15.0 Å². The van der Waals surface area contributed by atoms with Crippen LogP contribution in [0.5, 0.6) is 11.5 Å². The summed E-state index contributed by atoms with van der Waals surface area (Å²) < 4.78 is 5.84. The number of nitrogens with zero attached hydrogens (tertiary/aromatic N) is 4. The maximum Gasteiger partial charge on any atom is 0.229 e. The van der Waals surface area contributed by atoms with Gasteiger partial charge in [0.15, 0.2) is 0 Å². The molecule has 6 nitrogen and oxygen atoms in total. The molecule has 144 valence electrons. The molecule has 0 aliphatic carbocycles. The molecule has 0 atom stereocenters. The second-order valence-corrected chi connectivity index (χ2v) is 7.05. The highest BCUT2D eigenvalue weighted by Gasteiger charge is 2.16. The predicted molar refractivity (Wildman–Crippen MR) is 113 cm³/mol. The molecule has 1 fully saturated rings. The monoisotopic (exact) mass is 375 g/mol. The van der Waals surface area contributed by atoms with Crippen LogP contribution >= 0.6 is 0 Å². The minimum Gasteiger partial charge on any atom is -0.457 e. The summed E-state index contributed by atoms with van der Waals surface area (Å²) in [6.07, 6.45) is 0. The van der Waals surface area contributed by atoms with Gasteiger partial charge in [-0.05, 0) is 50.4 Å². The van der Waals surface area contributed by atoms with Crippen molar-refractivity contribution in [2.24, 2.45) is 0 Å². The van der Waals surface area contributed by atoms with Gasteiger partial charge in [0.05, 0.1) is 0 Å². The molecule has 0 radical (unpaired) electrons. The number of para-hydroxylation sites is 1. The Morgan fingerprint density at radius 2 is 1.54 bits per heavy atom. The lowest BCUT2D eigenvalue weighted by molar-refractivity contribution is 0.312. The van der Waals surface area contributed by atoms with Crippen LogP contribution in [0.25, 0.3) is 0 Å². The van der Waals surface area contributed by atoms with Crippen LogP contribution in [0.1, 0.15) is 5.69 Å². The van der Waals surface area contributed by atoms with Gasteiger partial charge in [0.25, 0.3) is 0 Å². The van der Waals surface area contributed by atoms with Crippen molar-refractivity contribution < 1.29 is 4.74 Å². The number of benzene rings is 2. The number of rotatable bonds is 5. The summed E-state index contributed by atoms with van der Waals surface area (Å²) in [5, 5.41) is 3.31. The van der Waals surface area contributed by atoms with Crippen molar-refractivity contribution in [1.82, 2.24) is 14.9 Å². The van der Waals surface area contributed by atoms with Crippen LogP contribution in [-0.2, 0) is 0 Å². The van der Waals surface area contributed by atoms with Crippen molar-refractivity contribution in [3.05, 3.63) is 66.4 Å². The smallest absolute Gasteiger partial charge is 0.229 e. The molecule has 2 heterocycles. The van der Waals surface area contributed by atoms with Crippen molar-refractivity contribution in [3.8, 4) is 11.5 Å². The van der Waals surface area contributed by atoms with Crippen molar-refractivity contribution in [2.75, 3.05) is 43.4 Å². The number of piperazine rings is 1. The fourth-order valence-corrected chi connectivity index (χ4v) is 3.17. The second kappa shape index (κ2) is 8.27. The quantitative estimate of drug-likeness (QED) is 0.725. The third-order valence-electron chi connectivity index (χ3n) is 4.76. The summed E-state index contributed by atoms with van der Waals surface area (Å²) in [7, 11) is 2.15. The Balaban J connectivity index is 1.45. The van der Waals surface area contributed by atoms with Crippen molar-refractivity contribution in [2.45, 2.75) is 6.92 Å². The summed E-state index contributed by atoms with van der Waals surface area (Å²) in [5.41, 5.74) is 1.88. The fourth-order valence-electron chi connectivity index (χ4n) is 3.17. The molecule has 1 N–H and O–H groups in total. The van der Waals surface area contributed by atoms with E-state index in [0.29, 0.717) is 5.95 Å². The van der Waals surface area contributed by atoms with Crippen LogP contribution in [0.2, 0.25) is 0 Å². The Labute approximate surface area is 165 Å². The van der Waals surface area contributed by atoms with Crippen LogP contribution in [0.4, 0.5) is 17.5 Å². The molecule has 2 aromatic carbocycles. The first-order chi connectivity index (χ1) is 13.7. The average molecular weight is 375 g/mol. The Bertz CT molecular complexity index is 906. The molecule has 0 saturated carbocycles. The molecular formula is C22H25N5O. The van der Waals surface area contributed by atoms with E-state index in [-0.39, 0.29) is 0 Å². The van der Waals surface area contributed by atoms with E-state index in [0.717, 1.165) is 54.9 Å². The molecule has 1 aliphatic rings. The van der Waals surface area contributed by atoms with Gasteiger partial charge < -0.3 is 19.9 Å². The number of hydrogen-bond donors (Lipinski definition) is 1. The molecule has 0 unspecified atom stereocenters. The lowest BCUT2D eigenvalue weighted by Gasteiger charge is -2.33. The first-order valence-electron chi connectivity index (χ1n) is 9.55. The van der Waals surface area contributed by atoms with Gasteiger partial charge in [-0.1, -0.05) is 18.2 Å². The van der Waals surface area contributed by atoms with E-state index >= 15 is 0 Å². The highest BCUT2D eigenvalue weighted by Crippen LogP contribution is 2.24. The lowest BCUT2D eigenvalue weighted by atomic mass is 10.3. The highest BCUT2D eigenvalue weighted by atomic mass is 16.5. The van der Waals surface area contributed by atoms with Crippen LogP contribution in [0.15, 0.2) is 60.7 Å². The maximum absolute atomic E-state index is 5.84. The summed E-state index contributed by atoms with van der Waals surface area (Å²) >= 11 is 0. The Morgan fingerprint density at radius 1 is 0.857 bits per heavy atom. The third-order valence-corrected chi connectivity index (χ3v) is 4.76. The van der Waals surface area contributed by atoms with Gasteiger partial charge in [0.2, 0.25) is 5.95 Å². The van der Waals surface area contributed by atoms with Crippen LogP contribution in [0.3, 0.4) is 0 Å². The number of likely N-dealkylation sites (N-methyl/N-ethyl adjacent to an activating group) is 1. The van der Waals surface area contributed by atoms with Gasteiger partial charge in [0.1, 0.15) is 17.3 Å². The van der Waals surface area contributed by atoms with Gasteiger partial charge in [-0.15, -0.1) is 0 Å². The minimum atomic E-state index is 0.616. The lowest BCUT2D eigenvalue weighted by Crippen LogP contribution is -2.44. The van der Waals surface area contributed by atoms with Crippen LogP contribution in [-0.4, -0.2) is 48.1 Å². The zero-order chi connectivity index (χ0) is 19.3. The van der Waals surface area contributed by atoms with Gasteiger partial charge in [-0.2, -0.15) is 4.98 Å². The highest BCUT2D eigenvalue weighted by molar-refractivity contribution is 5.57. The number of anilines is 3. The van der Waals surface area contributed by atoms with Crippen molar-refractivity contribution in [3.63, 3.8) is 0 Å². The number of aryl methyl sites for hydroxylation is 1. The molecule has 1 aliphatic heterocycles. The van der Waals surface area contributed by atoms with Gasteiger partial charge in [-0.25, -0.2) is 4.98 Å². The molecular weight excluding hydrogens is 350 g/mol. The molecule has 4 rings (SSSR count). The second-order valence-electron chi connectivity index (χ2n) is 7.05. The average Bonchev–Trinajstić information content (AvgIpc) is 2.70. The van der Waals surface area contributed by atoms with E-state index < -0.39 is 0 Å². The van der Waals surface area contributed by atoms with Crippen LogP contribution in [0, 0.1) is 6.92 Å². The normalized spacial score (nSPS) is 14.7. The summed E-state index contributed by atoms with van der Waals surface area (Å²) in [6.45, 7) is 6.07. The Kier molecular flexibility index (Phi) is 5.39. The molecule has 0 bridgehead atoms. The topological polar surface area (TPSA) is 53.5 Å². The van der Waals surface area contributed by atoms with E-state index in [1.54, 1.807) is 0 Å². The summed E-state index contributed by atoms with van der Waals surface area (Å²) in [4.78, 5) is 13.9.